The number of rotatable bonds is 5. The number of likely N-dealkylation sites (N-methyl/N-ethyl adjacent to an activating group) is 1. The fraction of sp³-hybridized carbons (Fsp3) is 0.643. The summed E-state index contributed by atoms with van der Waals surface area (Å²) in [4.78, 5) is 14.8. The Morgan fingerprint density at radius 1 is 1.50 bits per heavy atom. The number of amides is 1. The van der Waals surface area contributed by atoms with Crippen molar-refractivity contribution in [2.45, 2.75) is 18.9 Å². The van der Waals surface area contributed by atoms with E-state index in [2.05, 4.69) is 0 Å². The van der Waals surface area contributed by atoms with Crippen molar-refractivity contribution in [3.05, 3.63) is 22.4 Å². The van der Waals surface area contributed by atoms with Crippen LogP contribution in [-0.4, -0.2) is 61.6 Å². The second-order valence-corrected chi connectivity index (χ2v) is 8.65. The molecular formula is C14H22N2O4S2. The number of aliphatic hydroxyl groups is 1. The van der Waals surface area contributed by atoms with Crippen LogP contribution in [0.5, 0.6) is 0 Å². The van der Waals surface area contributed by atoms with E-state index in [1.54, 1.807) is 11.9 Å². The van der Waals surface area contributed by atoms with Crippen LogP contribution in [0.4, 0.5) is 0 Å². The van der Waals surface area contributed by atoms with Crippen LogP contribution in [0.3, 0.4) is 0 Å². The topological polar surface area (TPSA) is 77.9 Å². The van der Waals surface area contributed by atoms with Gasteiger partial charge in [-0.05, 0) is 24.3 Å². The standard InChI is InChI=1S/C14H22N2O4S2/c1-15(10-12(17)13-4-3-9-21-13)14(18)11-5-7-16(8-6-11)22(2,19)20/h3-4,9,11-12,17H,5-8,10H2,1-2H3. The third kappa shape index (κ3) is 4.28. The summed E-state index contributed by atoms with van der Waals surface area (Å²) in [7, 11) is -1.49. The first kappa shape index (κ1) is 17.4. The number of sulfonamides is 1. The van der Waals surface area contributed by atoms with Crippen LogP contribution in [0.15, 0.2) is 17.5 Å². The highest BCUT2D eigenvalue weighted by Gasteiger charge is 2.31. The van der Waals surface area contributed by atoms with Crippen LogP contribution in [0.25, 0.3) is 0 Å². The van der Waals surface area contributed by atoms with Gasteiger partial charge in [0, 0.05) is 30.9 Å². The molecule has 124 valence electrons. The zero-order chi connectivity index (χ0) is 16.3. The van der Waals surface area contributed by atoms with Gasteiger partial charge in [0.15, 0.2) is 0 Å². The number of hydrogen-bond donors (Lipinski definition) is 1. The summed E-state index contributed by atoms with van der Waals surface area (Å²) in [5, 5.41) is 12.0. The van der Waals surface area contributed by atoms with Gasteiger partial charge in [-0.1, -0.05) is 6.07 Å². The number of carbonyl (C=O) groups is 1. The van der Waals surface area contributed by atoms with Gasteiger partial charge in [-0.25, -0.2) is 12.7 Å². The number of aliphatic hydroxyl groups excluding tert-OH is 1. The van der Waals surface area contributed by atoms with Gasteiger partial charge in [-0.15, -0.1) is 11.3 Å². The van der Waals surface area contributed by atoms with Crippen LogP contribution in [-0.2, 0) is 14.8 Å². The Morgan fingerprint density at radius 3 is 2.64 bits per heavy atom. The van der Waals surface area contributed by atoms with Crippen LogP contribution in [0.2, 0.25) is 0 Å². The van der Waals surface area contributed by atoms with E-state index in [4.69, 9.17) is 0 Å². The predicted molar refractivity (Wildman–Crippen MR) is 86.1 cm³/mol. The first-order valence-corrected chi connectivity index (χ1v) is 9.93. The fourth-order valence-corrected chi connectivity index (χ4v) is 4.24. The van der Waals surface area contributed by atoms with E-state index < -0.39 is 16.1 Å². The molecule has 1 aromatic rings. The average Bonchev–Trinajstić information content (AvgIpc) is 3.00. The molecule has 1 aromatic heterocycles. The summed E-state index contributed by atoms with van der Waals surface area (Å²) in [6, 6.07) is 3.71. The quantitative estimate of drug-likeness (QED) is 0.860. The smallest absolute Gasteiger partial charge is 0.225 e. The summed E-state index contributed by atoms with van der Waals surface area (Å²) in [6.07, 6.45) is 1.58. The molecule has 8 heteroatoms. The molecule has 1 atom stereocenters. The molecular weight excluding hydrogens is 324 g/mol. The maximum absolute atomic E-state index is 12.4. The Labute approximate surface area is 135 Å². The molecule has 0 aromatic carbocycles. The lowest BCUT2D eigenvalue weighted by molar-refractivity contribution is -0.136. The van der Waals surface area contributed by atoms with Gasteiger partial charge in [-0.3, -0.25) is 4.79 Å². The van der Waals surface area contributed by atoms with E-state index in [9.17, 15) is 18.3 Å². The van der Waals surface area contributed by atoms with Crippen molar-refractivity contribution >= 4 is 27.3 Å². The molecule has 22 heavy (non-hydrogen) atoms. The van der Waals surface area contributed by atoms with E-state index in [0.717, 1.165) is 4.88 Å². The molecule has 0 radical (unpaired) electrons. The van der Waals surface area contributed by atoms with Crippen LogP contribution in [0, 0.1) is 5.92 Å². The lowest BCUT2D eigenvalue weighted by Crippen LogP contribution is -2.43. The van der Waals surface area contributed by atoms with Gasteiger partial charge in [-0.2, -0.15) is 0 Å². The molecule has 1 amide bonds. The highest BCUT2D eigenvalue weighted by Crippen LogP contribution is 2.23. The van der Waals surface area contributed by atoms with Crippen molar-refractivity contribution in [2.75, 3.05) is 32.9 Å². The Bertz CT molecular complexity index is 592. The highest BCUT2D eigenvalue weighted by molar-refractivity contribution is 7.88. The second kappa shape index (κ2) is 7.08. The molecule has 1 aliphatic heterocycles. The molecule has 1 fully saturated rings. The van der Waals surface area contributed by atoms with Gasteiger partial charge >= 0.3 is 0 Å². The van der Waals surface area contributed by atoms with Gasteiger partial charge in [0.05, 0.1) is 12.8 Å². The normalized spacial score (nSPS) is 19.0. The Balaban J connectivity index is 1.87. The molecule has 0 bridgehead atoms. The van der Waals surface area contributed by atoms with Gasteiger partial charge < -0.3 is 10.0 Å². The van der Waals surface area contributed by atoms with Gasteiger partial charge in [0.1, 0.15) is 6.10 Å². The largest absolute Gasteiger partial charge is 0.386 e. The average molecular weight is 346 g/mol. The molecule has 0 saturated carbocycles. The van der Waals surface area contributed by atoms with Crippen molar-refractivity contribution in [3.8, 4) is 0 Å². The molecule has 1 aliphatic rings. The first-order valence-electron chi connectivity index (χ1n) is 7.20. The van der Waals surface area contributed by atoms with Gasteiger partial charge in [0.25, 0.3) is 0 Å². The summed E-state index contributed by atoms with van der Waals surface area (Å²) in [5.41, 5.74) is 0. The predicted octanol–water partition coefficient (Wildman–Crippen LogP) is 0.911. The Kier molecular flexibility index (Phi) is 5.60. The van der Waals surface area contributed by atoms with E-state index in [1.165, 1.54) is 21.9 Å². The minimum atomic E-state index is -3.17. The maximum atomic E-state index is 12.4. The van der Waals surface area contributed by atoms with E-state index in [-0.39, 0.29) is 18.4 Å². The third-order valence-electron chi connectivity index (χ3n) is 3.97. The minimum Gasteiger partial charge on any atom is -0.386 e. The molecule has 1 saturated heterocycles. The summed E-state index contributed by atoms with van der Waals surface area (Å²) in [6.45, 7) is 1.03. The van der Waals surface area contributed by atoms with E-state index >= 15 is 0 Å². The molecule has 1 unspecified atom stereocenters. The number of nitrogens with zero attached hydrogens (tertiary/aromatic N) is 2. The second-order valence-electron chi connectivity index (χ2n) is 5.69. The van der Waals surface area contributed by atoms with Crippen molar-refractivity contribution < 1.29 is 18.3 Å². The third-order valence-corrected chi connectivity index (χ3v) is 6.24. The fourth-order valence-electron chi connectivity index (χ4n) is 2.67. The van der Waals surface area contributed by atoms with E-state index in [0.29, 0.717) is 25.9 Å². The summed E-state index contributed by atoms with van der Waals surface area (Å²) in [5.74, 6) is -0.192. The molecule has 2 heterocycles. The van der Waals surface area contributed by atoms with Crippen molar-refractivity contribution in [1.82, 2.24) is 9.21 Å². The number of piperidine rings is 1. The van der Waals surface area contributed by atoms with Crippen LogP contribution >= 0.6 is 11.3 Å². The van der Waals surface area contributed by atoms with Gasteiger partial charge in [0.2, 0.25) is 15.9 Å². The maximum Gasteiger partial charge on any atom is 0.225 e. The molecule has 6 nitrogen and oxygen atoms in total. The van der Waals surface area contributed by atoms with Crippen LogP contribution < -0.4 is 0 Å². The number of carbonyl (C=O) groups excluding carboxylic acids is 1. The van der Waals surface area contributed by atoms with E-state index in [1.807, 2.05) is 17.5 Å². The summed E-state index contributed by atoms with van der Waals surface area (Å²) >= 11 is 1.46. The Morgan fingerprint density at radius 2 is 2.14 bits per heavy atom. The number of thiophene rings is 1. The molecule has 0 aliphatic carbocycles. The SMILES string of the molecule is CN(CC(O)c1cccs1)C(=O)C1CCN(S(C)(=O)=O)CC1. The highest BCUT2D eigenvalue weighted by atomic mass is 32.2. The van der Waals surface area contributed by atoms with Crippen molar-refractivity contribution in [1.29, 1.82) is 0 Å². The lowest BCUT2D eigenvalue weighted by atomic mass is 9.96. The zero-order valence-electron chi connectivity index (χ0n) is 12.8. The minimum absolute atomic E-state index is 0.0243. The molecule has 0 spiro atoms. The molecule has 1 N–H and O–H groups in total. The zero-order valence-corrected chi connectivity index (χ0v) is 14.4. The lowest BCUT2D eigenvalue weighted by Gasteiger charge is -2.32. The summed E-state index contributed by atoms with van der Waals surface area (Å²) < 4.78 is 24.4. The van der Waals surface area contributed by atoms with Crippen molar-refractivity contribution in [3.63, 3.8) is 0 Å². The van der Waals surface area contributed by atoms with Crippen molar-refractivity contribution in [2.24, 2.45) is 5.92 Å². The monoisotopic (exact) mass is 346 g/mol. The molecule has 2 rings (SSSR count). The first-order chi connectivity index (χ1) is 10.3. The van der Waals surface area contributed by atoms with Crippen LogP contribution in [0.1, 0.15) is 23.8 Å². The Hall–Kier alpha value is -0.960. The number of hydrogen-bond acceptors (Lipinski definition) is 5.